The van der Waals surface area contributed by atoms with Crippen LogP contribution in [0.25, 0.3) is 0 Å². The second-order valence-electron chi connectivity index (χ2n) is 7.82. The van der Waals surface area contributed by atoms with E-state index in [2.05, 4.69) is 33.9 Å². The van der Waals surface area contributed by atoms with Crippen molar-refractivity contribution in [2.45, 2.75) is 38.9 Å². The van der Waals surface area contributed by atoms with E-state index in [0.717, 1.165) is 0 Å². The van der Waals surface area contributed by atoms with E-state index >= 15 is 0 Å². The fourth-order valence-electron chi connectivity index (χ4n) is 2.24. The van der Waals surface area contributed by atoms with Gasteiger partial charge in [0.25, 0.3) is 0 Å². The molecule has 5 heteroatoms. The highest BCUT2D eigenvalue weighted by atomic mass is 28.4. The van der Waals surface area contributed by atoms with Gasteiger partial charge in [-0.05, 0) is 54.5 Å². The molecule has 0 saturated heterocycles. The van der Waals surface area contributed by atoms with Gasteiger partial charge in [0.05, 0.1) is 14.2 Å². The smallest absolute Gasteiger partial charge is 0.250 e. The number of ketones is 1. The summed E-state index contributed by atoms with van der Waals surface area (Å²) >= 11 is 0. The number of benzene rings is 2. The van der Waals surface area contributed by atoms with Gasteiger partial charge in [0.15, 0.2) is 5.78 Å². The molecule has 2 aromatic rings. The van der Waals surface area contributed by atoms with Gasteiger partial charge >= 0.3 is 0 Å². The molecule has 0 unspecified atom stereocenters. The first-order valence-corrected chi connectivity index (χ1v) is 11.5. The molecule has 0 aliphatic rings. The molecule has 0 heterocycles. The number of carbonyl (C=O) groups excluding carboxylic acids is 1. The van der Waals surface area contributed by atoms with Gasteiger partial charge in [-0.25, -0.2) is 0 Å². The van der Waals surface area contributed by atoms with Gasteiger partial charge in [0.1, 0.15) is 17.2 Å². The highest BCUT2D eigenvalue weighted by Crippen LogP contribution is 2.38. The van der Waals surface area contributed by atoms with Crippen molar-refractivity contribution in [1.29, 1.82) is 0 Å². The minimum atomic E-state index is -2.01. The largest absolute Gasteiger partial charge is 0.543 e. The predicted molar refractivity (Wildman–Crippen MR) is 107 cm³/mol. The molecule has 4 nitrogen and oxygen atoms in total. The Morgan fingerprint density at radius 1 is 0.808 bits per heavy atom. The van der Waals surface area contributed by atoms with Crippen molar-refractivity contribution in [3.63, 3.8) is 0 Å². The van der Waals surface area contributed by atoms with E-state index in [1.54, 1.807) is 50.6 Å². The zero-order valence-corrected chi connectivity index (χ0v) is 17.7. The third kappa shape index (κ3) is 4.46. The summed E-state index contributed by atoms with van der Waals surface area (Å²) < 4.78 is 16.9. The Morgan fingerprint density at radius 3 is 1.85 bits per heavy atom. The van der Waals surface area contributed by atoms with Gasteiger partial charge < -0.3 is 13.9 Å². The van der Waals surface area contributed by atoms with Gasteiger partial charge in [-0.1, -0.05) is 20.8 Å². The monoisotopic (exact) mass is 372 g/mol. The van der Waals surface area contributed by atoms with Gasteiger partial charge in [-0.2, -0.15) is 0 Å². The molecule has 0 fully saturated rings. The van der Waals surface area contributed by atoms with Crippen molar-refractivity contribution >= 4 is 14.1 Å². The minimum Gasteiger partial charge on any atom is -0.543 e. The van der Waals surface area contributed by atoms with Crippen molar-refractivity contribution in [3.8, 4) is 17.2 Å². The molecule has 2 rings (SSSR count). The lowest BCUT2D eigenvalue weighted by Gasteiger charge is -2.36. The molecule has 0 amide bonds. The first-order chi connectivity index (χ1) is 12.1. The van der Waals surface area contributed by atoms with Crippen LogP contribution in [0.2, 0.25) is 18.1 Å². The van der Waals surface area contributed by atoms with Crippen molar-refractivity contribution in [2.24, 2.45) is 0 Å². The van der Waals surface area contributed by atoms with E-state index < -0.39 is 8.32 Å². The Kier molecular flexibility index (Phi) is 5.81. The van der Waals surface area contributed by atoms with Crippen molar-refractivity contribution in [1.82, 2.24) is 0 Å². The number of hydrogen-bond acceptors (Lipinski definition) is 4. The molecule has 0 radical (unpaired) electrons. The molecule has 0 aromatic heterocycles. The number of carbonyl (C=O) groups is 1. The molecule has 0 atom stereocenters. The Balaban J connectivity index is 2.38. The van der Waals surface area contributed by atoms with Gasteiger partial charge in [0.2, 0.25) is 8.32 Å². The molecular formula is C21H28O4Si. The van der Waals surface area contributed by atoms with Gasteiger partial charge in [-0.3, -0.25) is 4.79 Å². The highest BCUT2D eigenvalue weighted by molar-refractivity contribution is 6.74. The molecule has 0 bridgehead atoms. The average Bonchev–Trinajstić information content (AvgIpc) is 2.59. The van der Waals surface area contributed by atoms with Crippen molar-refractivity contribution in [2.75, 3.05) is 14.2 Å². The van der Waals surface area contributed by atoms with E-state index in [1.807, 2.05) is 6.07 Å². The first kappa shape index (κ1) is 20.0. The lowest BCUT2D eigenvalue weighted by molar-refractivity contribution is 0.103. The van der Waals surface area contributed by atoms with E-state index in [0.29, 0.717) is 28.4 Å². The van der Waals surface area contributed by atoms with Gasteiger partial charge in [0, 0.05) is 17.2 Å². The van der Waals surface area contributed by atoms with E-state index in [-0.39, 0.29) is 10.8 Å². The summed E-state index contributed by atoms with van der Waals surface area (Å²) in [6.07, 6.45) is 0. The van der Waals surface area contributed by atoms with E-state index in [9.17, 15) is 4.79 Å². The fourth-order valence-corrected chi connectivity index (χ4v) is 3.25. The summed E-state index contributed by atoms with van der Waals surface area (Å²) in [6.45, 7) is 10.9. The lowest BCUT2D eigenvalue weighted by Crippen LogP contribution is -2.43. The topological polar surface area (TPSA) is 44.8 Å². The van der Waals surface area contributed by atoms with Crippen LogP contribution in [0.4, 0.5) is 0 Å². The molecule has 0 aliphatic carbocycles. The molecule has 0 aliphatic heterocycles. The second-order valence-corrected chi connectivity index (χ2v) is 12.5. The van der Waals surface area contributed by atoms with Crippen molar-refractivity contribution < 1.29 is 18.7 Å². The maximum absolute atomic E-state index is 12.9. The van der Waals surface area contributed by atoms with E-state index in [4.69, 9.17) is 13.9 Å². The van der Waals surface area contributed by atoms with E-state index in [1.165, 1.54) is 0 Å². The molecular weight excluding hydrogens is 344 g/mol. The van der Waals surface area contributed by atoms with Crippen LogP contribution in [0.3, 0.4) is 0 Å². The molecule has 140 valence electrons. The molecule has 0 spiro atoms. The predicted octanol–water partition coefficient (Wildman–Crippen LogP) is 5.32. The summed E-state index contributed by atoms with van der Waals surface area (Å²) in [6, 6.07) is 12.5. The quantitative estimate of drug-likeness (QED) is 0.508. The second kappa shape index (κ2) is 7.54. The maximum Gasteiger partial charge on any atom is 0.250 e. The lowest BCUT2D eigenvalue weighted by atomic mass is 10.0. The number of rotatable bonds is 6. The summed E-state index contributed by atoms with van der Waals surface area (Å²) in [7, 11) is 1.18. The maximum atomic E-state index is 12.9. The zero-order valence-electron chi connectivity index (χ0n) is 16.7. The van der Waals surface area contributed by atoms with Crippen LogP contribution >= 0.6 is 0 Å². The Labute approximate surface area is 157 Å². The van der Waals surface area contributed by atoms with Crippen LogP contribution in [0.1, 0.15) is 36.7 Å². The summed E-state index contributed by atoms with van der Waals surface area (Å²) in [5.74, 6) is 1.92. The SMILES string of the molecule is COc1ccc(C(=O)c2cc(OC)cc(O[Si](C)(C)C(C)(C)C)c2)cc1. The first-order valence-electron chi connectivity index (χ1n) is 8.64. The Bertz CT molecular complexity index is 774. The van der Waals surface area contributed by atoms with Crippen LogP contribution in [-0.4, -0.2) is 28.3 Å². The van der Waals surface area contributed by atoms with Crippen LogP contribution in [0.5, 0.6) is 17.2 Å². The molecule has 0 saturated carbocycles. The summed E-state index contributed by atoms with van der Waals surface area (Å²) in [4.78, 5) is 12.9. The normalized spacial score (nSPS) is 11.8. The highest BCUT2D eigenvalue weighted by Gasteiger charge is 2.39. The van der Waals surface area contributed by atoms with Crippen molar-refractivity contribution in [3.05, 3.63) is 53.6 Å². The third-order valence-electron chi connectivity index (χ3n) is 4.91. The number of ether oxygens (including phenoxy) is 2. The number of hydrogen-bond donors (Lipinski definition) is 0. The number of methoxy groups -OCH3 is 2. The Morgan fingerprint density at radius 2 is 1.35 bits per heavy atom. The average molecular weight is 373 g/mol. The Hall–Kier alpha value is -2.27. The third-order valence-corrected chi connectivity index (χ3v) is 9.27. The molecule has 0 N–H and O–H groups in total. The zero-order chi connectivity index (χ0) is 19.5. The van der Waals surface area contributed by atoms with Gasteiger partial charge in [-0.15, -0.1) is 0 Å². The minimum absolute atomic E-state index is 0.0657. The van der Waals surface area contributed by atoms with Crippen LogP contribution in [0.15, 0.2) is 42.5 Å². The van der Waals surface area contributed by atoms with Crippen LogP contribution in [-0.2, 0) is 0 Å². The molecule has 2 aromatic carbocycles. The van der Waals surface area contributed by atoms with Crippen LogP contribution in [0, 0.1) is 0 Å². The summed E-state index contributed by atoms with van der Waals surface area (Å²) in [5.41, 5.74) is 1.14. The fraction of sp³-hybridized carbons (Fsp3) is 0.381. The van der Waals surface area contributed by atoms with Crippen LogP contribution < -0.4 is 13.9 Å². The standard InChI is InChI=1S/C21H28O4Si/c1-21(2,3)26(6,7)25-19-13-16(12-18(14-19)24-5)20(22)15-8-10-17(23-4)11-9-15/h8-14H,1-7H3. The molecule has 26 heavy (non-hydrogen) atoms. The summed E-state index contributed by atoms with van der Waals surface area (Å²) in [5, 5.41) is 0.0657.